The molecule has 0 saturated heterocycles. The van der Waals surface area contributed by atoms with Gasteiger partial charge in [0.15, 0.2) is 11.5 Å². The Hall–Kier alpha value is -2.15. The van der Waals surface area contributed by atoms with Crippen molar-refractivity contribution in [3.05, 3.63) is 51.0 Å². The summed E-state index contributed by atoms with van der Waals surface area (Å²) in [6, 6.07) is 6.77. The maximum Gasteiger partial charge on any atom is 0.253 e. The second-order valence-corrected chi connectivity index (χ2v) is 7.75. The van der Waals surface area contributed by atoms with Crippen LogP contribution in [0.1, 0.15) is 24.2 Å². The molecule has 2 rings (SSSR count). The normalized spacial score (nSPS) is 11.7. The summed E-state index contributed by atoms with van der Waals surface area (Å²) in [4.78, 5) is 25.5. The predicted molar refractivity (Wildman–Crippen MR) is 116 cm³/mol. The average molecular weight is 460 g/mol. The first kappa shape index (κ1) is 23.1. The summed E-state index contributed by atoms with van der Waals surface area (Å²) >= 11 is 18.2. The molecule has 2 amide bonds. The zero-order valence-electron chi connectivity index (χ0n) is 16.3. The van der Waals surface area contributed by atoms with E-state index in [-0.39, 0.29) is 21.5 Å². The van der Waals surface area contributed by atoms with E-state index in [1.54, 1.807) is 12.1 Å². The number of amides is 2. The van der Waals surface area contributed by atoms with Gasteiger partial charge < -0.3 is 20.1 Å². The standard InChI is InChI=1S/C20H21Cl3N2O4/c1-10(2)18(25-19(26)12-6-5-11(21)7-13(12)22)20(27)24-15-9-17(29-4)16(28-3)8-14(15)23/h5-10,18H,1-4H3,(H,24,27)(H,25,26). The van der Waals surface area contributed by atoms with Crippen LogP contribution >= 0.6 is 34.8 Å². The molecule has 0 spiro atoms. The molecule has 0 aliphatic rings. The van der Waals surface area contributed by atoms with Crippen molar-refractivity contribution < 1.29 is 19.1 Å². The molecule has 0 aliphatic carbocycles. The summed E-state index contributed by atoms with van der Waals surface area (Å²) in [5.41, 5.74) is 0.553. The highest BCUT2D eigenvalue weighted by atomic mass is 35.5. The summed E-state index contributed by atoms with van der Waals surface area (Å²) in [6.45, 7) is 3.62. The third kappa shape index (κ3) is 5.69. The Morgan fingerprint density at radius 1 is 0.931 bits per heavy atom. The lowest BCUT2D eigenvalue weighted by atomic mass is 10.0. The lowest BCUT2D eigenvalue weighted by molar-refractivity contribution is -0.118. The monoisotopic (exact) mass is 458 g/mol. The van der Waals surface area contributed by atoms with E-state index in [0.29, 0.717) is 22.2 Å². The number of rotatable bonds is 7. The van der Waals surface area contributed by atoms with E-state index in [2.05, 4.69) is 10.6 Å². The van der Waals surface area contributed by atoms with Crippen LogP contribution in [0.15, 0.2) is 30.3 Å². The molecule has 2 aromatic rings. The first-order chi connectivity index (χ1) is 13.7. The van der Waals surface area contributed by atoms with Crippen LogP contribution in [0.4, 0.5) is 5.69 Å². The second kappa shape index (κ2) is 10.1. The summed E-state index contributed by atoms with van der Waals surface area (Å²) in [5.74, 6) is -0.290. The van der Waals surface area contributed by atoms with Gasteiger partial charge >= 0.3 is 0 Å². The van der Waals surface area contributed by atoms with Crippen LogP contribution in [0.5, 0.6) is 11.5 Å². The molecule has 0 aliphatic heterocycles. The number of benzene rings is 2. The molecule has 2 aromatic carbocycles. The fourth-order valence-electron chi connectivity index (χ4n) is 2.59. The molecule has 29 heavy (non-hydrogen) atoms. The largest absolute Gasteiger partial charge is 0.493 e. The zero-order chi connectivity index (χ0) is 21.7. The SMILES string of the molecule is COc1cc(Cl)c(NC(=O)C(NC(=O)c2ccc(Cl)cc2Cl)C(C)C)cc1OC. The number of hydrogen-bond donors (Lipinski definition) is 2. The van der Waals surface area contributed by atoms with E-state index < -0.39 is 17.9 Å². The number of anilines is 1. The minimum Gasteiger partial charge on any atom is -0.493 e. The third-order valence-corrected chi connectivity index (χ3v) is 5.00. The molecule has 156 valence electrons. The Morgan fingerprint density at radius 3 is 2.10 bits per heavy atom. The second-order valence-electron chi connectivity index (χ2n) is 6.50. The van der Waals surface area contributed by atoms with Crippen molar-refractivity contribution in [2.45, 2.75) is 19.9 Å². The van der Waals surface area contributed by atoms with Crippen molar-refractivity contribution in [3.8, 4) is 11.5 Å². The summed E-state index contributed by atoms with van der Waals surface area (Å²) in [6.07, 6.45) is 0. The predicted octanol–water partition coefficient (Wildman–Crippen LogP) is 5.06. The molecule has 1 atom stereocenters. The third-order valence-electron chi connectivity index (χ3n) is 4.14. The van der Waals surface area contributed by atoms with Crippen LogP contribution in [-0.2, 0) is 4.79 Å². The van der Waals surface area contributed by atoms with E-state index in [4.69, 9.17) is 44.3 Å². The van der Waals surface area contributed by atoms with Crippen molar-refractivity contribution in [3.63, 3.8) is 0 Å². The van der Waals surface area contributed by atoms with Crippen molar-refractivity contribution >= 4 is 52.3 Å². The van der Waals surface area contributed by atoms with Crippen LogP contribution in [0, 0.1) is 5.92 Å². The first-order valence-electron chi connectivity index (χ1n) is 8.66. The molecule has 6 nitrogen and oxygen atoms in total. The van der Waals surface area contributed by atoms with Gasteiger partial charge in [-0.15, -0.1) is 0 Å². The molecular weight excluding hydrogens is 439 g/mol. The smallest absolute Gasteiger partial charge is 0.253 e. The minimum absolute atomic E-state index is 0.195. The van der Waals surface area contributed by atoms with Gasteiger partial charge in [0, 0.05) is 17.2 Å². The Balaban J connectivity index is 2.23. The van der Waals surface area contributed by atoms with E-state index in [0.717, 1.165) is 0 Å². The lowest BCUT2D eigenvalue weighted by Crippen LogP contribution is -2.47. The molecule has 0 bridgehead atoms. The van der Waals surface area contributed by atoms with Crippen LogP contribution in [0.25, 0.3) is 0 Å². The first-order valence-corrected chi connectivity index (χ1v) is 9.79. The number of carbonyl (C=O) groups is 2. The van der Waals surface area contributed by atoms with Gasteiger partial charge in [0.1, 0.15) is 6.04 Å². The summed E-state index contributed by atoms with van der Waals surface area (Å²) < 4.78 is 10.4. The Morgan fingerprint density at radius 2 is 1.55 bits per heavy atom. The van der Waals surface area contributed by atoms with Gasteiger partial charge in [0.25, 0.3) is 5.91 Å². The Bertz CT molecular complexity index is 919. The highest BCUT2D eigenvalue weighted by Gasteiger charge is 2.26. The average Bonchev–Trinajstić information content (AvgIpc) is 2.66. The van der Waals surface area contributed by atoms with Gasteiger partial charge in [-0.2, -0.15) is 0 Å². The maximum absolute atomic E-state index is 12.9. The maximum atomic E-state index is 12.9. The van der Waals surface area contributed by atoms with Crippen LogP contribution in [0.3, 0.4) is 0 Å². The van der Waals surface area contributed by atoms with Crippen molar-refractivity contribution in [2.24, 2.45) is 5.92 Å². The molecule has 0 saturated carbocycles. The fraction of sp³-hybridized carbons (Fsp3) is 0.300. The number of halogens is 3. The number of carbonyl (C=O) groups excluding carboxylic acids is 2. The molecular formula is C20H21Cl3N2O4. The van der Waals surface area contributed by atoms with E-state index >= 15 is 0 Å². The molecule has 0 aromatic heterocycles. The summed E-state index contributed by atoms with van der Waals surface area (Å²) in [7, 11) is 2.96. The van der Waals surface area contributed by atoms with Gasteiger partial charge in [-0.1, -0.05) is 48.7 Å². The minimum atomic E-state index is -0.835. The van der Waals surface area contributed by atoms with E-state index in [9.17, 15) is 9.59 Å². The Labute approximate surface area is 184 Å². The van der Waals surface area contributed by atoms with Crippen molar-refractivity contribution in [1.29, 1.82) is 0 Å². The van der Waals surface area contributed by atoms with Gasteiger partial charge in [0.05, 0.1) is 35.5 Å². The summed E-state index contributed by atoms with van der Waals surface area (Å²) in [5, 5.41) is 6.30. The molecule has 1 unspecified atom stereocenters. The van der Waals surface area contributed by atoms with Crippen LogP contribution in [0.2, 0.25) is 15.1 Å². The highest BCUT2D eigenvalue weighted by molar-refractivity contribution is 6.37. The van der Waals surface area contributed by atoms with Gasteiger partial charge in [-0.05, 0) is 24.1 Å². The highest BCUT2D eigenvalue weighted by Crippen LogP contribution is 2.36. The lowest BCUT2D eigenvalue weighted by Gasteiger charge is -2.22. The van der Waals surface area contributed by atoms with Crippen molar-refractivity contribution in [2.75, 3.05) is 19.5 Å². The van der Waals surface area contributed by atoms with Crippen LogP contribution in [-0.4, -0.2) is 32.1 Å². The van der Waals surface area contributed by atoms with Crippen molar-refractivity contribution in [1.82, 2.24) is 5.32 Å². The zero-order valence-corrected chi connectivity index (χ0v) is 18.6. The van der Waals surface area contributed by atoms with Gasteiger partial charge in [0.2, 0.25) is 5.91 Å². The number of nitrogens with one attached hydrogen (secondary N) is 2. The number of hydrogen-bond acceptors (Lipinski definition) is 4. The number of methoxy groups -OCH3 is 2. The van der Waals surface area contributed by atoms with Gasteiger partial charge in [-0.3, -0.25) is 9.59 Å². The number of ether oxygens (including phenoxy) is 2. The quantitative estimate of drug-likeness (QED) is 0.607. The Kier molecular flexibility index (Phi) is 8.02. The molecule has 0 heterocycles. The van der Waals surface area contributed by atoms with E-state index in [1.807, 2.05) is 13.8 Å². The molecule has 0 fully saturated rings. The van der Waals surface area contributed by atoms with Gasteiger partial charge in [-0.25, -0.2) is 0 Å². The molecule has 2 N–H and O–H groups in total. The fourth-order valence-corrected chi connectivity index (χ4v) is 3.28. The van der Waals surface area contributed by atoms with Crippen LogP contribution < -0.4 is 20.1 Å². The molecule has 9 heteroatoms. The topological polar surface area (TPSA) is 76.7 Å². The molecule has 0 radical (unpaired) electrons. The van der Waals surface area contributed by atoms with E-state index in [1.165, 1.54) is 32.4 Å².